The van der Waals surface area contributed by atoms with Crippen LogP contribution in [0, 0.1) is 0 Å². The van der Waals surface area contributed by atoms with Crippen molar-refractivity contribution in [1.29, 1.82) is 0 Å². The molecule has 0 aliphatic carbocycles. The molecule has 0 aromatic heterocycles. The first kappa shape index (κ1) is 7.12. The lowest BCUT2D eigenvalue weighted by molar-refractivity contribution is 0.0535. The van der Waals surface area contributed by atoms with Crippen molar-refractivity contribution in [2.75, 3.05) is 5.43 Å². The summed E-state index contributed by atoms with van der Waals surface area (Å²) in [4.78, 5) is 11.0. The van der Waals surface area contributed by atoms with Crippen LogP contribution < -0.4 is 11.3 Å². The molecule has 0 spiro atoms. The predicted molar refractivity (Wildman–Crippen MR) is 43.4 cm³/mol. The molecule has 12 heavy (non-hydrogen) atoms. The Morgan fingerprint density at radius 2 is 2.33 bits per heavy atom. The molecule has 1 aliphatic heterocycles. The van der Waals surface area contributed by atoms with Crippen LogP contribution in [0.15, 0.2) is 18.2 Å². The fourth-order valence-electron chi connectivity index (χ4n) is 1.20. The van der Waals surface area contributed by atoms with Gasteiger partial charge in [-0.3, -0.25) is 5.84 Å². The van der Waals surface area contributed by atoms with Crippen LogP contribution in [0.3, 0.4) is 0 Å². The zero-order valence-corrected chi connectivity index (χ0v) is 6.33. The number of nitrogen functional groups attached to an aromatic ring is 1. The van der Waals surface area contributed by atoms with Gasteiger partial charge in [-0.25, -0.2) is 4.79 Å². The van der Waals surface area contributed by atoms with Crippen LogP contribution in [0.25, 0.3) is 0 Å². The van der Waals surface area contributed by atoms with Crippen molar-refractivity contribution < 1.29 is 9.53 Å². The number of carbonyl (C=O) groups is 1. The molecule has 0 amide bonds. The van der Waals surface area contributed by atoms with E-state index in [2.05, 4.69) is 5.43 Å². The van der Waals surface area contributed by atoms with Crippen LogP contribution in [0.2, 0.25) is 0 Å². The zero-order chi connectivity index (χ0) is 8.55. The van der Waals surface area contributed by atoms with Gasteiger partial charge in [-0.15, -0.1) is 0 Å². The quantitative estimate of drug-likeness (QED) is 0.363. The van der Waals surface area contributed by atoms with Gasteiger partial charge in [0.2, 0.25) is 0 Å². The minimum absolute atomic E-state index is 0.276. The fourth-order valence-corrected chi connectivity index (χ4v) is 1.20. The number of nitrogens with two attached hydrogens (primary N) is 1. The summed E-state index contributed by atoms with van der Waals surface area (Å²) in [5, 5.41) is 0. The summed E-state index contributed by atoms with van der Waals surface area (Å²) in [7, 11) is 0. The molecule has 1 aliphatic rings. The Labute approximate surface area is 69.3 Å². The van der Waals surface area contributed by atoms with E-state index in [1.807, 2.05) is 6.07 Å². The first-order valence-electron chi connectivity index (χ1n) is 3.58. The summed E-state index contributed by atoms with van der Waals surface area (Å²) >= 11 is 0. The molecule has 2 rings (SSSR count). The van der Waals surface area contributed by atoms with Gasteiger partial charge in [0.25, 0.3) is 0 Å². The summed E-state index contributed by atoms with van der Waals surface area (Å²) in [6.45, 7) is 0.374. The van der Waals surface area contributed by atoms with Crippen molar-refractivity contribution in [2.24, 2.45) is 5.84 Å². The highest BCUT2D eigenvalue weighted by Gasteiger charge is 2.20. The van der Waals surface area contributed by atoms with Crippen LogP contribution in [0.4, 0.5) is 5.69 Å². The third-order valence-corrected chi connectivity index (χ3v) is 1.86. The topological polar surface area (TPSA) is 64.3 Å². The normalized spacial score (nSPS) is 13.9. The first-order chi connectivity index (χ1) is 5.81. The zero-order valence-electron chi connectivity index (χ0n) is 6.33. The summed E-state index contributed by atoms with van der Waals surface area (Å²) in [5.41, 5.74) is 4.70. The van der Waals surface area contributed by atoms with E-state index in [4.69, 9.17) is 10.6 Å². The lowest BCUT2D eigenvalue weighted by Crippen LogP contribution is -2.07. The number of rotatable bonds is 1. The smallest absolute Gasteiger partial charge is 0.338 e. The third-order valence-electron chi connectivity index (χ3n) is 1.86. The molecule has 0 atom stereocenters. The summed E-state index contributed by atoms with van der Waals surface area (Å²) in [5.74, 6) is 4.91. The Hall–Kier alpha value is -1.55. The second kappa shape index (κ2) is 2.49. The molecule has 1 aromatic rings. The highest BCUT2D eigenvalue weighted by atomic mass is 16.5. The van der Waals surface area contributed by atoms with Gasteiger partial charge < -0.3 is 10.2 Å². The summed E-state index contributed by atoms with van der Waals surface area (Å²) in [6.07, 6.45) is 0. The molecule has 0 unspecified atom stereocenters. The molecule has 0 radical (unpaired) electrons. The number of benzene rings is 1. The molecule has 1 heterocycles. The monoisotopic (exact) mass is 164 g/mol. The maximum absolute atomic E-state index is 11.0. The summed E-state index contributed by atoms with van der Waals surface area (Å²) in [6, 6.07) is 5.32. The van der Waals surface area contributed by atoms with Crippen molar-refractivity contribution >= 4 is 11.7 Å². The van der Waals surface area contributed by atoms with E-state index in [0.717, 1.165) is 5.56 Å². The molecular formula is C8H8N2O2. The fraction of sp³-hybridized carbons (Fsp3) is 0.125. The third kappa shape index (κ3) is 0.931. The average molecular weight is 164 g/mol. The number of esters is 1. The van der Waals surface area contributed by atoms with E-state index in [9.17, 15) is 4.79 Å². The van der Waals surface area contributed by atoms with E-state index in [1.165, 1.54) is 0 Å². The molecule has 1 aromatic carbocycles. The van der Waals surface area contributed by atoms with Crippen LogP contribution in [-0.4, -0.2) is 5.97 Å². The molecule has 4 nitrogen and oxygen atoms in total. The largest absolute Gasteiger partial charge is 0.457 e. The van der Waals surface area contributed by atoms with Gasteiger partial charge in [0, 0.05) is 11.3 Å². The number of fused-ring (bicyclic) bond motifs is 1. The highest BCUT2D eigenvalue weighted by molar-refractivity contribution is 5.94. The second-order valence-electron chi connectivity index (χ2n) is 2.59. The van der Waals surface area contributed by atoms with Crippen LogP contribution in [-0.2, 0) is 11.3 Å². The van der Waals surface area contributed by atoms with E-state index >= 15 is 0 Å². The molecule has 0 bridgehead atoms. The molecule has 0 saturated carbocycles. The Morgan fingerprint density at radius 3 is 3.08 bits per heavy atom. The van der Waals surface area contributed by atoms with Gasteiger partial charge in [0.05, 0.1) is 5.56 Å². The minimum atomic E-state index is -0.276. The van der Waals surface area contributed by atoms with Crippen LogP contribution >= 0.6 is 0 Å². The van der Waals surface area contributed by atoms with Gasteiger partial charge in [-0.05, 0) is 12.1 Å². The Kier molecular flexibility index (Phi) is 1.48. The van der Waals surface area contributed by atoms with Gasteiger partial charge in [0.15, 0.2) is 0 Å². The van der Waals surface area contributed by atoms with Gasteiger partial charge in [0.1, 0.15) is 6.61 Å². The van der Waals surface area contributed by atoms with Crippen LogP contribution in [0.1, 0.15) is 15.9 Å². The Morgan fingerprint density at radius 1 is 1.50 bits per heavy atom. The number of hydrazine groups is 1. The second-order valence-corrected chi connectivity index (χ2v) is 2.59. The van der Waals surface area contributed by atoms with Gasteiger partial charge in [-0.1, -0.05) is 6.07 Å². The van der Waals surface area contributed by atoms with Crippen molar-refractivity contribution in [3.63, 3.8) is 0 Å². The molecule has 62 valence electrons. The Balaban J connectivity index is 2.50. The number of hydrogen-bond donors (Lipinski definition) is 2. The van der Waals surface area contributed by atoms with E-state index in [-0.39, 0.29) is 5.97 Å². The van der Waals surface area contributed by atoms with Crippen molar-refractivity contribution in [3.8, 4) is 0 Å². The molecular weight excluding hydrogens is 156 g/mol. The number of cyclic esters (lactones) is 1. The van der Waals surface area contributed by atoms with Crippen LogP contribution in [0.5, 0.6) is 0 Å². The molecule has 3 N–H and O–H groups in total. The standard InChI is InChI=1S/C8H8N2O2/c9-10-6-2-1-5-4-12-8(11)7(5)3-6/h1-3,10H,4,9H2. The SMILES string of the molecule is NNc1ccc2c(c1)C(=O)OC2. The first-order valence-corrected chi connectivity index (χ1v) is 3.58. The highest BCUT2D eigenvalue weighted by Crippen LogP contribution is 2.22. The summed E-state index contributed by atoms with van der Waals surface area (Å²) < 4.78 is 4.82. The Bertz CT molecular complexity index is 336. The van der Waals surface area contributed by atoms with Gasteiger partial charge in [-0.2, -0.15) is 0 Å². The van der Waals surface area contributed by atoms with E-state index in [0.29, 0.717) is 17.9 Å². The predicted octanol–water partition coefficient (Wildman–Crippen LogP) is 0.643. The minimum Gasteiger partial charge on any atom is -0.457 e. The number of ether oxygens (including phenoxy) is 1. The molecule has 4 heteroatoms. The van der Waals surface area contributed by atoms with E-state index < -0.39 is 0 Å². The van der Waals surface area contributed by atoms with Crippen molar-refractivity contribution in [1.82, 2.24) is 0 Å². The number of anilines is 1. The van der Waals surface area contributed by atoms with Gasteiger partial charge >= 0.3 is 5.97 Å². The van der Waals surface area contributed by atoms with Crippen molar-refractivity contribution in [2.45, 2.75) is 6.61 Å². The molecule has 0 fully saturated rings. The number of carbonyl (C=O) groups excluding carboxylic acids is 1. The van der Waals surface area contributed by atoms with E-state index in [1.54, 1.807) is 12.1 Å². The molecule has 0 saturated heterocycles. The average Bonchev–Trinajstić information content (AvgIpc) is 2.47. The number of nitrogens with one attached hydrogen (secondary N) is 1. The number of hydrogen-bond acceptors (Lipinski definition) is 4. The lowest BCUT2D eigenvalue weighted by Gasteiger charge is -1.99. The van der Waals surface area contributed by atoms with Crippen molar-refractivity contribution in [3.05, 3.63) is 29.3 Å². The lowest BCUT2D eigenvalue weighted by atomic mass is 10.1. The maximum atomic E-state index is 11.0. The maximum Gasteiger partial charge on any atom is 0.338 e.